The molecule has 0 aliphatic rings. The van der Waals surface area contributed by atoms with Gasteiger partial charge >= 0.3 is 0 Å². The van der Waals surface area contributed by atoms with Crippen LogP contribution in [0, 0.1) is 12.0 Å². The smallest absolute Gasteiger partial charge is 0.254 e. The van der Waals surface area contributed by atoms with E-state index in [9.17, 15) is 0 Å². The molecule has 0 heterocycles. The second-order valence-corrected chi connectivity index (χ2v) is 3.05. The summed E-state index contributed by atoms with van der Waals surface area (Å²) in [5.74, 6) is 2.11. The summed E-state index contributed by atoms with van der Waals surface area (Å²) in [6.45, 7) is 0. The molecule has 2 N–H and O–H groups in total. The van der Waals surface area contributed by atoms with Crippen molar-refractivity contribution in [2.24, 2.45) is 5.73 Å². The van der Waals surface area contributed by atoms with E-state index in [2.05, 4.69) is 5.92 Å². The van der Waals surface area contributed by atoms with E-state index >= 15 is 0 Å². The highest BCUT2D eigenvalue weighted by molar-refractivity contribution is 6.69. The van der Waals surface area contributed by atoms with E-state index in [4.69, 9.17) is 40.5 Å². The molecule has 0 radical (unpaired) electrons. The molecule has 0 unspecified atom stereocenters. The first-order valence-corrected chi connectivity index (χ1v) is 2.49. The number of halogens is 3. The number of alkyl halides is 3. The van der Waals surface area contributed by atoms with Crippen molar-refractivity contribution >= 4 is 34.8 Å². The molecule has 0 aromatic rings. The Morgan fingerprint density at radius 2 is 1.71 bits per heavy atom. The first-order chi connectivity index (χ1) is 3.06. The summed E-state index contributed by atoms with van der Waals surface area (Å²) < 4.78 is -1.52. The van der Waals surface area contributed by atoms with Gasteiger partial charge in [-0.25, -0.2) is 0 Å². The lowest BCUT2D eigenvalue weighted by molar-refractivity contribution is 1.54. The summed E-state index contributed by atoms with van der Waals surface area (Å²) in [6.07, 6.45) is 0. The first kappa shape index (κ1) is 7.23. The predicted octanol–water partition coefficient (Wildman–Crippen LogP) is 1.28. The summed E-state index contributed by atoms with van der Waals surface area (Å²) in [7, 11) is 0. The molecular weight excluding hydrogens is 156 g/mol. The molecule has 0 aliphatic carbocycles. The van der Waals surface area contributed by atoms with Gasteiger partial charge in [0, 0.05) is 6.04 Å². The average molecular weight is 158 g/mol. The summed E-state index contributed by atoms with van der Waals surface area (Å²) in [5.41, 5.74) is 4.70. The summed E-state index contributed by atoms with van der Waals surface area (Å²) >= 11 is 15.3. The van der Waals surface area contributed by atoms with Crippen molar-refractivity contribution in [1.29, 1.82) is 0 Å². The zero-order chi connectivity index (χ0) is 5.91. The van der Waals surface area contributed by atoms with E-state index in [1.54, 1.807) is 0 Å². The van der Waals surface area contributed by atoms with Gasteiger partial charge in [-0.2, -0.15) is 0 Å². The minimum absolute atomic E-state index is 1.52. The number of nitrogens with two attached hydrogens (primary N) is 1. The fourth-order valence-electron chi connectivity index (χ4n) is 0.0818. The van der Waals surface area contributed by atoms with Crippen LogP contribution in [0.1, 0.15) is 0 Å². The van der Waals surface area contributed by atoms with Gasteiger partial charge in [-0.05, 0) is 5.92 Å². The van der Waals surface area contributed by atoms with Crippen molar-refractivity contribution < 1.29 is 0 Å². The van der Waals surface area contributed by atoms with Crippen molar-refractivity contribution in [3.8, 4) is 12.0 Å². The molecule has 0 fully saturated rings. The van der Waals surface area contributed by atoms with Gasteiger partial charge in [-0.1, -0.05) is 34.8 Å². The highest BCUT2D eigenvalue weighted by Gasteiger charge is 2.13. The molecule has 0 aliphatic heterocycles. The minimum atomic E-state index is -1.52. The van der Waals surface area contributed by atoms with E-state index in [0.717, 1.165) is 0 Å². The minimum Gasteiger partial charge on any atom is -0.359 e. The van der Waals surface area contributed by atoms with Crippen LogP contribution in [0.15, 0.2) is 0 Å². The summed E-state index contributed by atoms with van der Waals surface area (Å²) in [4.78, 5) is 0. The molecule has 0 atom stereocenters. The third kappa shape index (κ3) is 6.23. The lowest BCUT2D eigenvalue weighted by Gasteiger charge is -1.94. The lowest BCUT2D eigenvalue weighted by Crippen LogP contribution is -1.96. The molecule has 0 spiro atoms. The normalized spacial score (nSPS) is 9.57. The average Bonchev–Trinajstić information content (AvgIpc) is 1.30. The van der Waals surface area contributed by atoms with E-state index in [1.807, 2.05) is 6.04 Å². The van der Waals surface area contributed by atoms with Gasteiger partial charge < -0.3 is 5.73 Å². The number of hydrogen-bond acceptors (Lipinski definition) is 1. The molecule has 4 heteroatoms. The molecule has 0 aromatic carbocycles. The standard InChI is InChI=1S/C3H2Cl3N/c4-3(5,6)1-2-7/h7H2. The monoisotopic (exact) mass is 157 g/mol. The van der Waals surface area contributed by atoms with Crippen molar-refractivity contribution in [2.75, 3.05) is 0 Å². The van der Waals surface area contributed by atoms with Crippen LogP contribution >= 0.6 is 34.8 Å². The van der Waals surface area contributed by atoms with Gasteiger partial charge in [-0.3, -0.25) is 0 Å². The van der Waals surface area contributed by atoms with Gasteiger partial charge in [0.2, 0.25) is 0 Å². The SMILES string of the molecule is NC#CC(Cl)(Cl)Cl. The van der Waals surface area contributed by atoms with Crippen LogP contribution in [-0.4, -0.2) is 3.79 Å². The van der Waals surface area contributed by atoms with Crippen molar-refractivity contribution in [3.05, 3.63) is 0 Å². The maximum atomic E-state index is 5.11. The van der Waals surface area contributed by atoms with Crippen LogP contribution < -0.4 is 5.73 Å². The van der Waals surface area contributed by atoms with E-state index in [0.29, 0.717) is 0 Å². The first-order valence-electron chi connectivity index (χ1n) is 1.36. The summed E-state index contributed by atoms with van der Waals surface area (Å²) in [6, 6.07) is 1.96. The molecule has 0 aromatic heterocycles. The topological polar surface area (TPSA) is 26.0 Å². The molecule has 7 heavy (non-hydrogen) atoms. The van der Waals surface area contributed by atoms with Crippen LogP contribution in [0.3, 0.4) is 0 Å². The van der Waals surface area contributed by atoms with Gasteiger partial charge in [0.05, 0.1) is 0 Å². The Hall–Kier alpha value is 0.230. The zero-order valence-corrected chi connectivity index (χ0v) is 5.48. The van der Waals surface area contributed by atoms with Crippen molar-refractivity contribution in [1.82, 2.24) is 0 Å². The number of rotatable bonds is 0. The fraction of sp³-hybridized carbons (Fsp3) is 0.333. The van der Waals surface area contributed by atoms with Gasteiger partial charge in [-0.15, -0.1) is 0 Å². The van der Waals surface area contributed by atoms with Crippen LogP contribution in [0.2, 0.25) is 0 Å². The van der Waals surface area contributed by atoms with E-state index < -0.39 is 3.79 Å². The quantitative estimate of drug-likeness (QED) is 0.321. The summed E-state index contributed by atoms with van der Waals surface area (Å²) in [5, 5.41) is 0. The predicted molar refractivity (Wildman–Crippen MR) is 32.3 cm³/mol. The molecule has 0 saturated carbocycles. The van der Waals surface area contributed by atoms with Crippen molar-refractivity contribution in [2.45, 2.75) is 3.79 Å². The Balaban J connectivity index is 3.72. The molecule has 0 rings (SSSR count). The molecule has 40 valence electrons. The van der Waals surface area contributed by atoms with E-state index in [1.165, 1.54) is 0 Å². The Labute approximate surface area is 56.7 Å². The third-order valence-corrected chi connectivity index (χ3v) is 0.497. The maximum Gasteiger partial charge on any atom is 0.254 e. The fourth-order valence-corrected chi connectivity index (χ4v) is 0.245. The molecule has 0 bridgehead atoms. The van der Waals surface area contributed by atoms with Crippen LogP contribution in [-0.2, 0) is 0 Å². The van der Waals surface area contributed by atoms with Crippen LogP contribution in [0.5, 0.6) is 0 Å². The van der Waals surface area contributed by atoms with Gasteiger partial charge in [0.1, 0.15) is 0 Å². The molecule has 0 saturated heterocycles. The maximum absolute atomic E-state index is 5.11. The van der Waals surface area contributed by atoms with E-state index in [-0.39, 0.29) is 0 Å². The Morgan fingerprint density at radius 1 is 1.29 bits per heavy atom. The Morgan fingerprint density at radius 3 is 1.71 bits per heavy atom. The second-order valence-electron chi connectivity index (χ2n) is 0.767. The van der Waals surface area contributed by atoms with Gasteiger partial charge in [0.15, 0.2) is 0 Å². The zero-order valence-electron chi connectivity index (χ0n) is 3.21. The van der Waals surface area contributed by atoms with Crippen LogP contribution in [0.4, 0.5) is 0 Å². The lowest BCUT2D eigenvalue weighted by atomic mass is 10.8. The highest BCUT2D eigenvalue weighted by Crippen LogP contribution is 2.23. The van der Waals surface area contributed by atoms with Crippen LogP contribution in [0.25, 0.3) is 0 Å². The Kier molecular flexibility index (Phi) is 2.60. The molecule has 0 amide bonds. The second kappa shape index (κ2) is 2.52. The largest absolute Gasteiger partial charge is 0.359 e. The number of hydrogen-bond donors (Lipinski definition) is 1. The third-order valence-electron chi connectivity index (χ3n) is 0.214. The molecule has 1 nitrogen and oxygen atoms in total. The molecular formula is C3H2Cl3N. The van der Waals surface area contributed by atoms with Crippen molar-refractivity contribution in [3.63, 3.8) is 0 Å². The highest BCUT2D eigenvalue weighted by atomic mass is 35.6. The Bertz CT molecular complexity index is 104. The van der Waals surface area contributed by atoms with Gasteiger partial charge in [0.25, 0.3) is 3.79 Å².